The van der Waals surface area contributed by atoms with Crippen molar-refractivity contribution in [3.05, 3.63) is 51.9 Å². The molecule has 1 amide bonds. The van der Waals surface area contributed by atoms with Crippen molar-refractivity contribution < 1.29 is 17.6 Å². The fourth-order valence-electron chi connectivity index (χ4n) is 3.44. The number of hydrogen-bond donors (Lipinski definition) is 3. The van der Waals surface area contributed by atoms with Gasteiger partial charge in [-0.2, -0.15) is 0 Å². The van der Waals surface area contributed by atoms with Gasteiger partial charge in [0, 0.05) is 25.7 Å². The molecule has 0 unspecified atom stereocenters. The van der Waals surface area contributed by atoms with Gasteiger partial charge in [0.2, 0.25) is 15.5 Å². The van der Waals surface area contributed by atoms with E-state index in [1.807, 2.05) is 0 Å². The van der Waals surface area contributed by atoms with Crippen LogP contribution in [0, 0.1) is 5.82 Å². The van der Waals surface area contributed by atoms with Crippen LogP contribution >= 0.6 is 0 Å². The number of fused-ring (bicyclic) bond motifs is 1. The number of aromatic nitrogens is 2. The molecule has 0 saturated heterocycles. The lowest BCUT2D eigenvalue weighted by Crippen LogP contribution is -2.30. The zero-order chi connectivity index (χ0) is 25.2. The molecule has 34 heavy (non-hydrogen) atoms. The molecule has 12 heteroatoms. The van der Waals surface area contributed by atoms with Crippen molar-refractivity contribution in [1.29, 1.82) is 0 Å². The summed E-state index contributed by atoms with van der Waals surface area (Å²) < 4.78 is 42.9. The van der Waals surface area contributed by atoms with E-state index in [-0.39, 0.29) is 33.9 Å². The summed E-state index contributed by atoms with van der Waals surface area (Å²) in [6.45, 7) is 2.42. The Balaban J connectivity index is 2.04. The van der Waals surface area contributed by atoms with Crippen LogP contribution in [0.25, 0.3) is 22.3 Å². The molecule has 10 nitrogen and oxygen atoms in total. The molecule has 0 bridgehead atoms. The number of sulfonamides is 1. The first-order valence-corrected chi connectivity index (χ1v) is 12.1. The van der Waals surface area contributed by atoms with Crippen molar-refractivity contribution in [3.8, 4) is 11.3 Å². The quantitative estimate of drug-likeness (QED) is 0.434. The van der Waals surface area contributed by atoms with Crippen molar-refractivity contribution in [2.45, 2.75) is 13.5 Å². The summed E-state index contributed by atoms with van der Waals surface area (Å²) in [6.07, 6.45) is 0. The first-order valence-electron chi connectivity index (χ1n) is 10.5. The van der Waals surface area contributed by atoms with Gasteiger partial charge in [-0.3, -0.25) is 14.3 Å². The second-order valence-corrected chi connectivity index (χ2v) is 9.74. The largest absolute Gasteiger partial charge is 0.384 e. The van der Waals surface area contributed by atoms with E-state index in [9.17, 15) is 22.4 Å². The van der Waals surface area contributed by atoms with E-state index in [0.717, 1.165) is 6.07 Å². The van der Waals surface area contributed by atoms with E-state index in [0.29, 0.717) is 24.3 Å². The first kappa shape index (κ1) is 25.1. The van der Waals surface area contributed by atoms with Crippen LogP contribution < -0.4 is 21.2 Å². The zero-order valence-electron chi connectivity index (χ0n) is 19.3. The van der Waals surface area contributed by atoms with E-state index >= 15 is 0 Å². The van der Waals surface area contributed by atoms with Gasteiger partial charge in [-0.05, 0) is 45.3 Å². The van der Waals surface area contributed by atoms with Crippen LogP contribution in [0.3, 0.4) is 0 Å². The standard InChI is InChI=1S/C22H27FN6O4S/c1-5-29-20(24)18(22(31)25-2)19(30)14-7-9-16(26-21(14)29)13-6-8-17(15(23)12-13)27-34(32,33)11-10-28(3)4/h6-9,12,27H,5,10-11,24H2,1-4H3,(H,25,31). The Bertz CT molecular complexity index is 1420. The maximum absolute atomic E-state index is 14.7. The highest BCUT2D eigenvalue weighted by Gasteiger charge is 2.21. The average Bonchev–Trinajstić information content (AvgIpc) is 2.79. The molecule has 0 saturated carbocycles. The van der Waals surface area contributed by atoms with Gasteiger partial charge in [-0.15, -0.1) is 0 Å². The highest BCUT2D eigenvalue weighted by atomic mass is 32.2. The highest BCUT2D eigenvalue weighted by molar-refractivity contribution is 7.92. The smallest absolute Gasteiger partial charge is 0.258 e. The van der Waals surface area contributed by atoms with Crippen molar-refractivity contribution in [2.24, 2.45) is 0 Å². The van der Waals surface area contributed by atoms with Gasteiger partial charge in [0.15, 0.2) is 0 Å². The van der Waals surface area contributed by atoms with E-state index < -0.39 is 27.2 Å². The Kier molecular flexibility index (Phi) is 7.22. The fraction of sp³-hybridized carbons (Fsp3) is 0.318. The second-order valence-electron chi connectivity index (χ2n) is 7.90. The maximum atomic E-state index is 14.7. The van der Waals surface area contributed by atoms with Crippen LogP contribution in [0.15, 0.2) is 35.1 Å². The van der Waals surface area contributed by atoms with Crippen molar-refractivity contribution in [3.63, 3.8) is 0 Å². The molecular weight excluding hydrogens is 463 g/mol. The summed E-state index contributed by atoms with van der Waals surface area (Å²) in [5.74, 6) is -1.56. The number of nitrogens with zero attached hydrogens (tertiary/aromatic N) is 3. The number of nitrogens with two attached hydrogens (primary N) is 1. The van der Waals surface area contributed by atoms with Gasteiger partial charge < -0.3 is 20.5 Å². The maximum Gasteiger partial charge on any atom is 0.258 e. The molecule has 0 aliphatic heterocycles. The van der Waals surface area contributed by atoms with E-state index in [2.05, 4.69) is 15.0 Å². The van der Waals surface area contributed by atoms with Gasteiger partial charge in [0.25, 0.3) is 5.91 Å². The predicted molar refractivity (Wildman–Crippen MR) is 131 cm³/mol. The molecule has 0 aliphatic rings. The van der Waals surface area contributed by atoms with E-state index in [1.165, 1.54) is 35.9 Å². The predicted octanol–water partition coefficient (Wildman–Crippen LogP) is 1.47. The van der Waals surface area contributed by atoms with Gasteiger partial charge in [0.05, 0.1) is 22.5 Å². The lowest BCUT2D eigenvalue weighted by atomic mass is 10.1. The highest BCUT2D eigenvalue weighted by Crippen LogP contribution is 2.26. The number of amides is 1. The molecule has 182 valence electrons. The molecular formula is C22H27FN6O4S. The Labute approximate surface area is 196 Å². The minimum Gasteiger partial charge on any atom is -0.384 e. The molecule has 0 spiro atoms. The summed E-state index contributed by atoms with van der Waals surface area (Å²) in [6, 6.07) is 7.04. The van der Waals surface area contributed by atoms with Crippen molar-refractivity contribution in [1.82, 2.24) is 19.8 Å². The Hall–Kier alpha value is -3.51. The van der Waals surface area contributed by atoms with Gasteiger partial charge >= 0.3 is 0 Å². The SMILES string of the molecule is CCn1c(N)c(C(=O)NC)c(=O)c2ccc(-c3ccc(NS(=O)(=O)CCN(C)C)c(F)c3)nc21. The van der Waals surface area contributed by atoms with Crippen LogP contribution in [-0.4, -0.2) is 62.2 Å². The fourth-order valence-corrected chi connectivity index (χ4v) is 4.64. The molecule has 0 radical (unpaired) electrons. The molecule has 2 aromatic heterocycles. The van der Waals surface area contributed by atoms with Crippen molar-refractivity contribution >= 4 is 38.5 Å². The lowest BCUT2D eigenvalue weighted by molar-refractivity contribution is 0.0962. The molecule has 0 atom stereocenters. The molecule has 3 aromatic rings. The van der Waals surface area contributed by atoms with E-state index in [4.69, 9.17) is 5.73 Å². The van der Waals surface area contributed by atoms with Gasteiger partial charge in [0.1, 0.15) is 22.8 Å². The third kappa shape index (κ3) is 5.02. The number of pyridine rings is 2. The first-order chi connectivity index (χ1) is 16.0. The van der Waals surface area contributed by atoms with Gasteiger partial charge in [-0.25, -0.2) is 17.8 Å². The Morgan fingerprint density at radius 1 is 1.24 bits per heavy atom. The molecule has 4 N–H and O–H groups in total. The summed E-state index contributed by atoms with van der Waals surface area (Å²) in [4.78, 5) is 31.3. The Morgan fingerprint density at radius 2 is 1.94 bits per heavy atom. The number of anilines is 2. The number of nitrogen functional groups attached to an aromatic ring is 1. The van der Waals surface area contributed by atoms with Crippen molar-refractivity contribution in [2.75, 3.05) is 43.9 Å². The summed E-state index contributed by atoms with van der Waals surface area (Å²) in [5.41, 5.74) is 6.20. The second kappa shape index (κ2) is 9.77. The van der Waals surface area contributed by atoms with Crippen LogP contribution in [-0.2, 0) is 16.6 Å². The van der Waals surface area contributed by atoms with Crippen LogP contribution in [0.2, 0.25) is 0 Å². The number of halogens is 1. The average molecular weight is 491 g/mol. The van der Waals surface area contributed by atoms with Crippen LogP contribution in [0.4, 0.5) is 15.9 Å². The molecule has 0 aliphatic carbocycles. The Morgan fingerprint density at radius 3 is 2.53 bits per heavy atom. The summed E-state index contributed by atoms with van der Waals surface area (Å²) in [7, 11) is 1.17. The number of nitrogens with one attached hydrogen (secondary N) is 2. The monoisotopic (exact) mass is 490 g/mol. The topological polar surface area (TPSA) is 139 Å². The zero-order valence-corrected chi connectivity index (χ0v) is 20.2. The molecule has 0 fully saturated rings. The number of benzene rings is 1. The van der Waals surface area contributed by atoms with Crippen LogP contribution in [0.1, 0.15) is 17.3 Å². The van der Waals surface area contributed by atoms with E-state index in [1.54, 1.807) is 25.9 Å². The molecule has 2 heterocycles. The summed E-state index contributed by atoms with van der Waals surface area (Å²) >= 11 is 0. The number of rotatable bonds is 8. The molecule has 3 rings (SSSR count). The number of carbonyl (C=O) groups is 1. The number of carbonyl (C=O) groups excluding carboxylic acids is 1. The minimum atomic E-state index is -3.72. The third-order valence-corrected chi connectivity index (χ3v) is 6.51. The lowest BCUT2D eigenvalue weighted by Gasteiger charge is -2.16. The third-order valence-electron chi connectivity index (χ3n) is 5.26. The number of hydrogen-bond acceptors (Lipinski definition) is 7. The summed E-state index contributed by atoms with van der Waals surface area (Å²) in [5, 5.41) is 2.61. The van der Waals surface area contributed by atoms with Gasteiger partial charge in [-0.1, -0.05) is 6.07 Å². The minimum absolute atomic E-state index is 0.0161. The van der Waals surface area contributed by atoms with Crippen LogP contribution in [0.5, 0.6) is 0 Å². The normalized spacial score (nSPS) is 11.7. The molecule has 1 aromatic carbocycles. The number of aryl methyl sites for hydroxylation is 1.